The minimum absolute atomic E-state index is 0.000245. The lowest BCUT2D eigenvalue weighted by atomic mass is 10.1. The molecule has 1 heterocycles. The molecular formula is C17H26N2O2S. The Morgan fingerprint density at radius 1 is 1.36 bits per heavy atom. The fourth-order valence-corrected chi connectivity index (χ4v) is 3.68. The van der Waals surface area contributed by atoms with Gasteiger partial charge in [-0.1, -0.05) is 17.7 Å². The molecule has 2 N–H and O–H groups in total. The molecule has 1 aromatic carbocycles. The number of benzene rings is 1. The van der Waals surface area contributed by atoms with E-state index in [-0.39, 0.29) is 18.7 Å². The van der Waals surface area contributed by atoms with Gasteiger partial charge in [-0.05, 0) is 45.2 Å². The van der Waals surface area contributed by atoms with Crippen molar-refractivity contribution in [3.63, 3.8) is 0 Å². The van der Waals surface area contributed by atoms with Crippen LogP contribution in [-0.2, 0) is 0 Å². The summed E-state index contributed by atoms with van der Waals surface area (Å²) in [7, 11) is 0. The number of nitrogens with zero attached hydrogens (tertiary/aromatic N) is 1. The van der Waals surface area contributed by atoms with Crippen LogP contribution in [0.2, 0.25) is 0 Å². The predicted octanol–water partition coefficient (Wildman–Crippen LogP) is 3.03. The molecule has 2 amide bonds. The Labute approximate surface area is 137 Å². The second kappa shape index (κ2) is 8.44. The molecule has 1 atom stereocenters. The zero-order valence-corrected chi connectivity index (χ0v) is 14.2. The van der Waals surface area contributed by atoms with Gasteiger partial charge in [0.2, 0.25) is 0 Å². The van der Waals surface area contributed by atoms with Gasteiger partial charge in [0, 0.05) is 35.9 Å². The van der Waals surface area contributed by atoms with Gasteiger partial charge in [0.05, 0.1) is 0 Å². The fraction of sp³-hybridized carbons (Fsp3) is 0.588. The Balaban J connectivity index is 1.75. The fourth-order valence-electron chi connectivity index (χ4n) is 2.55. The van der Waals surface area contributed by atoms with Crippen LogP contribution in [0.3, 0.4) is 0 Å². The highest BCUT2D eigenvalue weighted by Gasteiger charge is 2.24. The monoisotopic (exact) mass is 322 g/mol. The lowest BCUT2D eigenvalue weighted by Crippen LogP contribution is -2.47. The molecule has 1 aliphatic heterocycles. The molecule has 5 heteroatoms. The highest BCUT2D eigenvalue weighted by molar-refractivity contribution is 8.00. The Bertz CT molecular complexity index is 470. The molecule has 0 aromatic heterocycles. The molecule has 1 fully saturated rings. The van der Waals surface area contributed by atoms with Crippen molar-refractivity contribution in [1.29, 1.82) is 0 Å². The minimum Gasteiger partial charge on any atom is -0.396 e. The van der Waals surface area contributed by atoms with Crippen LogP contribution in [0.5, 0.6) is 0 Å². The summed E-state index contributed by atoms with van der Waals surface area (Å²) in [5, 5.41) is 12.4. The molecule has 0 radical (unpaired) electrons. The number of carbonyl (C=O) groups excluding carboxylic acids is 1. The van der Waals surface area contributed by atoms with E-state index < -0.39 is 0 Å². The van der Waals surface area contributed by atoms with Crippen molar-refractivity contribution in [3.05, 3.63) is 29.8 Å². The van der Waals surface area contributed by atoms with Gasteiger partial charge in [0.1, 0.15) is 0 Å². The summed E-state index contributed by atoms with van der Waals surface area (Å²) in [5.74, 6) is 0. The number of aliphatic hydroxyl groups is 1. The molecular weight excluding hydrogens is 296 g/mol. The lowest BCUT2D eigenvalue weighted by Gasteiger charge is -2.32. The molecule has 1 saturated heterocycles. The van der Waals surface area contributed by atoms with Crippen molar-refractivity contribution in [2.75, 3.05) is 19.7 Å². The van der Waals surface area contributed by atoms with Gasteiger partial charge in [-0.25, -0.2) is 4.79 Å². The van der Waals surface area contributed by atoms with Crippen molar-refractivity contribution in [1.82, 2.24) is 10.2 Å². The van der Waals surface area contributed by atoms with E-state index in [0.29, 0.717) is 11.7 Å². The molecule has 2 rings (SSSR count). The third-order valence-electron chi connectivity index (χ3n) is 3.98. The average Bonchev–Trinajstić information content (AvgIpc) is 2.50. The second-order valence-corrected chi connectivity index (χ2v) is 7.35. The van der Waals surface area contributed by atoms with Crippen LogP contribution in [0.25, 0.3) is 0 Å². The van der Waals surface area contributed by atoms with Crippen LogP contribution in [0.15, 0.2) is 29.2 Å². The number of likely N-dealkylation sites (tertiary alicyclic amines) is 1. The number of thioether (sulfide) groups is 1. The van der Waals surface area contributed by atoms with Gasteiger partial charge in [-0.15, -0.1) is 11.8 Å². The Morgan fingerprint density at radius 2 is 2.00 bits per heavy atom. The smallest absolute Gasteiger partial charge is 0.317 e. The SMILES string of the molecule is Cc1ccc(SC2CCN(C(=O)NC(C)CCO)CC2)cc1. The van der Waals surface area contributed by atoms with Crippen LogP contribution < -0.4 is 5.32 Å². The number of hydrogen-bond donors (Lipinski definition) is 2. The number of hydrogen-bond acceptors (Lipinski definition) is 3. The van der Waals surface area contributed by atoms with E-state index in [4.69, 9.17) is 5.11 Å². The van der Waals surface area contributed by atoms with Crippen LogP contribution in [-0.4, -0.2) is 47.0 Å². The third-order valence-corrected chi connectivity index (χ3v) is 5.33. The van der Waals surface area contributed by atoms with E-state index >= 15 is 0 Å². The van der Waals surface area contributed by atoms with Crippen molar-refractivity contribution in [2.45, 2.75) is 49.3 Å². The molecule has 1 unspecified atom stereocenters. The van der Waals surface area contributed by atoms with Crippen LogP contribution in [0, 0.1) is 6.92 Å². The van der Waals surface area contributed by atoms with Crippen molar-refractivity contribution in [3.8, 4) is 0 Å². The summed E-state index contributed by atoms with van der Waals surface area (Å²) in [5.41, 5.74) is 1.29. The number of aryl methyl sites for hydroxylation is 1. The molecule has 0 aliphatic carbocycles. The standard InChI is InChI=1S/C17H26N2O2S/c1-13-3-5-15(6-4-13)22-16-7-10-19(11-8-16)17(21)18-14(2)9-12-20/h3-6,14,16,20H,7-12H2,1-2H3,(H,18,21). The van der Waals surface area contributed by atoms with Gasteiger partial charge < -0.3 is 15.3 Å². The van der Waals surface area contributed by atoms with Gasteiger partial charge in [0.15, 0.2) is 0 Å². The van der Waals surface area contributed by atoms with E-state index in [9.17, 15) is 4.79 Å². The van der Waals surface area contributed by atoms with Crippen molar-refractivity contribution in [2.24, 2.45) is 0 Å². The molecule has 4 nitrogen and oxygen atoms in total. The second-order valence-electron chi connectivity index (χ2n) is 5.98. The molecule has 0 spiro atoms. The largest absolute Gasteiger partial charge is 0.396 e. The summed E-state index contributed by atoms with van der Waals surface area (Å²) in [6.07, 6.45) is 2.66. The Morgan fingerprint density at radius 3 is 2.59 bits per heavy atom. The number of piperidine rings is 1. The van der Waals surface area contributed by atoms with Gasteiger partial charge >= 0.3 is 6.03 Å². The Hall–Kier alpha value is -1.20. The number of nitrogens with one attached hydrogen (secondary N) is 1. The molecule has 0 saturated carbocycles. The molecule has 1 aromatic rings. The van der Waals surface area contributed by atoms with Crippen LogP contribution in [0.4, 0.5) is 4.79 Å². The van der Waals surface area contributed by atoms with E-state index in [2.05, 4.69) is 36.5 Å². The minimum atomic E-state index is -0.000245. The van der Waals surface area contributed by atoms with Crippen molar-refractivity contribution < 1.29 is 9.90 Å². The summed E-state index contributed by atoms with van der Waals surface area (Å²) < 4.78 is 0. The van der Waals surface area contributed by atoms with Gasteiger partial charge in [-0.2, -0.15) is 0 Å². The Kier molecular flexibility index (Phi) is 6.58. The lowest BCUT2D eigenvalue weighted by molar-refractivity contribution is 0.181. The summed E-state index contributed by atoms with van der Waals surface area (Å²) in [6.45, 7) is 5.75. The molecule has 122 valence electrons. The zero-order valence-electron chi connectivity index (χ0n) is 13.4. The summed E-state index contributed by atoms with van der Waals surface area (Å²) in [4.78, 5) is 15.3. The van der Waals surface area contributed by atoms with Gasteiger partial charge in [0.25, 0.3) is 0 Å². The topological polar surface area (TPSA) is 52.6 Å². The van der Waals surface area contributed by atoms with E-state index in [1.807, 2.05) is 23.6 Å². The number of amides is 2. The number of carbonyl (C=O) groups is 1. The van der Waals surface area contributed by atoms with E-state index in [1.54, 1.807) is 0 Å². The molecule has 1 aliphatic rings. The summed E-state index contributed by atoms with van der Waals surface area (Å²) >= 11 is 1.92. The van der Waals surface area contributed by atoms with E-state index in [0.717, 1.165) is 25.9 Å². The van der Waals surface area contributed by atoms with Crippen LogP contribution >= 0.6 is 11.8 Å². The number of rotatable bonds is 5. The van der Waals surface area contributed by atoms with E-state index in [1.165, 1.54) is 10.5 Å². The normalized spacial score (nSPS) is 17.3. The van der Waals surface area contributed by atoms with Gasteiger partial charge in [-0.3, -0.25) is 0 Å². The first-order chi connectivity index (χ1) is 10.6. The zero-order chi connectivity index (χ0) is 15.9. The predicted molar refractivity (Wildman–Crippen MR) is 91.3 cm³/mol. The maximum atomic E-state index is 12.1. The maximum absolute atomic E-state index is 12.1. The van der Waals surface area contributed by atoms with Crippen LogP contribution in [0.1, 0.15) is 31.7 Å². The first kappa shape index (κ1) is 17.2. The number of aliphatic hydroxyl groups excluding tert-OH is 1. The average molecular weight is 322 g/mol. The first-order valence-corrected chi connectivity index (χ1v) is 8.86. The third kappa shape index (κ3) is 5.21. The number of urea groups is 1. The maximum Gasteiger partial charge on any atom is 0.317 e. The highest BCUT2D eigenvalue weighted by atomic mass is 32.2. The molecule has 22 heavy (non-hydrogen) atoms. The molecule has 0 bridgehead atoms. The quantitative estimate of drug-likeness (QED) is 0.876. The highest BCUT2D eigenvalue weighted by Crippen LogP contribution is 2.30. The summed E-state index contributed by atoms with van der Waals surface area (Å²) in [6, 6.07) is 8.67. The first-order valence-electron chi connectivity index (χ1n) is 7.98. The van der Waals surface area contributed by atoms with Crippen molar-refractivity contribution >= 4 is 17.8 Å².